The Hall–Kier alpha value is -1.51. The molecule has 0 spiro atoms. The highest BCUT2D eigenvalue weighted by Crippen LogP contribution is 2.28. The lowest BCUT2D eigenvalue weighted by Crippen LogP contribution is -2.52. The van der Waals surface area contributed by atoms with Crippen molar-refractivity contribution in [2.45, 2.75) is 32.2 Å². The summed E-state index contributed by atoms with van der Waals surface area (Å²) in [5.74, 6) is -0.760. The van der Waals surface area contributed by atoms with Gasteiger partial charge in [0.05, 0.1) is 0 Å². The van der Waals surface area contributed by atoms with Gasteiger partial charge in [-0.3, -0.25) is 0 Å². The van der Waals surface area contributed by atoms with Crippen LogP contribution in [0.4, 0.5) is 5.69 Å². The van der Waals surface area contributed by atoms with Crippen LogP contribution in [0.1, 0.15) is 26.7 Å². The average molecular weight is 221 g/mol. The van der Waals surface area contributed by atoms with Crippen molar-refractivity contribution in [3.8, 4) is 0 Å². The molecule has 0 saturated carbocycles. The van der Waals surface area contributed by atoms with Gasteiger partial charge in [-0.2, -0.15) is 0 Å². The van der Waals surface area contributed by atoms with Gasteiger partial charge in [0.1, 0.15) is 5.54 Å². The van der Waals surface area contributed by atoms with Gasteiger partial charge in [-0.15, -0.1) is 0 Å². The Bertz CT molecular complexity index is 344. The van der Waals surface area contributed by atoms with Crippen molar-refractivity contribution in [1.29, 1.82) is 0 Å². The summed E-state index contributed by atoms with van der Waals surface area (Å²) in [5.41, 5.74) is 0.134. The SMILES string of the molecule is CCC(CC)(C(=O)O)N(C)c1ccccc1. The van der Waals surface area contributed by atoms with Crippen LogP contribution in [0.5, 0.6) is 0 Å². The third kappa shape index (κ3) is 2.03. The summed E-state index contributed by atoms with van der Waals surface area (Å²) in [5, 5.41) is 9.41. The molecule has 0 heterocycles. The van der Waals surface area contributed by atoms with Crippen molar-refractivity contribution in [3.05, 3.63) is 30.3 Å². The number of para-hydroxylation sites is 1. The van der Waals surface area contributed by atoms with Gasteiger partial charge in [-0.1, -0.05) is 32.0 Å². The zero-order valence-electron chi connectivity index (χ0n) is 10.1. The molecule has 0 bridgehead atoms. The summed E-state index contributed by atoms with van der Waals surface area (Å²) < 4.78 is 0. The van der Waals surface area contributed by atoms with Crippen LogP contribution in [0.25, 0.3) is 0 Å². The Balaban J connectivity index is 3.10. The van der Waals surface area contributed by atoms with E-state index < -0.39 is 11.5 Å². The van der Waals surface area contributed by atoms with Gasteiger partial charge in [0, 0.05) is 12.7 Å². The number of carboxylic acids is 1. The van der Waals surface area contributed by atoms with E-state index in [1.807, 2.05) is 56.1 Å². The van der Waals surface area contributed by atoms with Crippen LogP contribution >= 0.6 is 0 Å². The first-order chi connectivity index (χ1) is 7.58. The molecule has 0 fully saturated rings. The third-order valence-electron chi connectivity index (χ3n) is 3.35. The van der Waals surface area contributed by atoms with Gasteiger partial charge in [-0.25, -0.2) is 4.79 Å². The quantitative estimate of drug-likeness (QED) is 0.831. The molecule has 0 atom stereocenters. The monoisotopic (exact) mass is 221 g/mol. The van der Waals surface area contributed by atoms with E-state index in [0.29, 0.717) is 12.8 Å². The molecule has 0 radical (unpaired) electrons. The summed E-state index contributed by atoms with van der Waals surface area (Å²) >= 11 is 0. The van der Waals surface area contributed by atoms with E-state index in [4.69, 9.17) is 0 Å². The molecule has 0 unspecified atom stereocenters. The molecule has 88 valence electrons. The number of anilines is 1. The van der Waals surface area contributed by atoms with E-state index in [0.717, 1.165) is 5.69 Å². The zero-order chi connectivity index (χ0) is 12.2. The number of rotatable bonds is 5. The number of carboxylic acid groups (broad SMARTS) is 1. The molecule has 0 aliphatic heterocycles. The zero-order valence-corrected chi connectivity index (χ0v) is 10.1. The van der Waals surface area contributed by atoms with Crippen LogP contribution in [0.2, 0.25) is 0 Å². The Labute approximate surface area is 96.7 Å². The number of nitrogens with zero attached hydrogens (tertiary/aromatic N) is 1. The molecular formula is C13H19NO2. The van der Waals surface area contributed by atoms with Crippen LogP contribution in [-0.4, -0.2) is 23.7 Å². The first-order valence-electron chi connectivity index (χ1n) is 5.60. The molecule has 0 aliphatic rings. The maximum absolute atomic E-state index is 11.5. The minimum atomic E-state index is -0.804. The minimum Gasteiger partial charge on any atom is -0.479 e. The predicted octanol–water partition coefficient (Wildman–Crippen LogP) is 2.77. The summed E-state index contributed by atoms with van der Waals surface area (Å²) in [6, 6.07) is 9.64. The predicted molar refractivity (Wildman–Crippen MR) is 65.8 cm³/mol. The molecule has 0 amide bonds. The van der Waals surface area contributed by atoms with Gasteiger partial charge in [0.15, 0.2) is 0 Å². The Morgan fingerprint density at radius 3 is 2.12 bits per heavy atom. The maximum atomic E-state index is 11.5. The normalized spacial score (nSPS) is 11.2. The van der Waals surface area contributed by atoms with Crippen molar-refractivity contribution in [2.75, 3.05) is 11.9 Å². The number of benzene rings is 1. The van der Waals surface area contributed by atoms with E-state index in [2.05, 4.69) is 0 Å². The molecule has 16 heavy (non-hydrogen) atoms. The number of hydrogen-bond acceptors (Lipinski definition) is 2. The second kappa shape index (κ2) is 5.01. The second-order valence-corrected chi connectivity index (χ2v) is 3.94. The standard InChI is InChI=1S/C13H19NO2/c1-4-13(5-2,12(15)16)14(3)11-9-7-6-8-10-11/h6-10H,4-5H2,1-3H3,(H,15,16). The summed E-state index contributed by atoms with van der Waals surface area (Å²) in [6.07, 6.45) is 1.18. The largest absolute Gasteiger partial charge is 0.479 e. The fraction of sp³-hybridized carbons (Fsp3) is 0.462. The van der Waals surface area contributed by atoms with Crippen LogP contribution in [0.3, 0.4) is 0 Å². The first kappa shape index (κ1) is 12.6. The molecule has 1 aromatic rings. The summed E-state index contributed by atoms with van der Waals surface area (Å²) in [6.45, 7) is 3.83. The van der Waals surface area contributed by atoms with Crippen molar-refractivity contribution in [2.24, 2.45) is 0 Å². The smallest absolute Gasteiger partial charge is 0.329 e. The van der Waals surface area contributed by atoms with Gasteiger partial charge < -0.3 is 10.0 Å². The van der Waals surface area contributed by atoms with Crippen LogP contribution in [-0.2, 0) is 4.79 Å². The van der Waals surface area contributed by atoms with Crippen molar-refractivity contribution < 1.29 is 9.90 Å². The molecule has 0 aromatic heterocycles. The maximum Gasteiger partial charge on any atom is 0.329 e. The van der Waals surface area contributed by atoms with Crippen LogP contribution in [0.15, 0.2) is 30.3 Å². The lowest BCUT2D eigenvalue weighted by atomic mass is 9.90. The van der Waals surface area contributed by atoms with E-state index in [-0.39, 0.29) is 0 Å². The van der Waals surface area contributed by atoms with Crippen LogP contribution < -0.4 is 4.90 Å². The van der Waals surface area contributed by atoms with Gasteiger partial charge >= 0.3 is 5.97 Å². The van der Waals surface area contributed by atoms with Crippen molar-refractivity contribution >= 4 is 11.7 Å². The Kier molecular flexibility index (Phi) is 3.93. The topological polar surface area (TPSA) is 40.5 Å². The van der Waals surface area contributed by atoms with E-state index in [1.165, 1.54) is 0 Å². The molecule has 3 nitrogen and oxygen atoms in total. The number of carbonyl (C=O) groups is 1. The van der Waals surface area contributed by atoms with E-state index in [1.54, 1.807) is 0 Å². The lowest BCUT2D eigenvalue weighted by Gasteiger charge is -2.38. The van der Waals surface area contributed by atoms with Gasteiger partial charge in [0.2, 0.25) is 0 Å². The average Bonchev–Trinajstić information content (AvgIpc) is 2.32. The molecule has 1 rings (SSSR count). The lowest BCUT2D eigenvalue weighted by molar-refractivity contribution is -0.143. The number of likely N-dealkylation sites (N-methyl/N-ethyl adjacent to an activating group) is 1. The number of hydrogen-bond donors (Lipinski definition) is 1. The molecule has 1 N–H and O–H groups in total. The highest BCUT2D eigenvalue weighted by atomic mass is 16.4. The van der Waals surface area contributed by atoms with Gasteiger partial charge in [0.25, 0.3) is 0 Å². The van der Waals surface area contributed by atoms with Crippen molar-refractivity contribution in [1.82, 2.24) is 0 Å². The fourth-order valence-corrected chi connectivity index (χ4v) is 2.07. The van der Waals surface area contributed by atoms with E-state index in [9.17, 15) is 9.90 Å². The third-order valence-corrected chi connectivity index (χ3v) is 3.35. The molecule has 0 aliphatic carbocycles. The molecule has 3 heteroatoms. The first-order valence-corrected chi connectivity index (χ1v) is 5.60. The molecular weight excluding hydrogens is 202 g/mol. The second-order valence-electron chi connectivity index (χ2n) is 3.94. The summed E-state index contributed by atoms with van der Waals surface area (Å²) in [4.78, 5) is 13.3. The highest BCUT2D eigenvalue weighted by Gasteiger charge is 2.39. The minimum absolute atomic E-state index is 0.588. The van der Waals surface area contributed by atoms with E-state index >= 15 is 0 Å². The fourth-order valence-electron chi connectivity index (χ4n) is 2.07. The molecule has 0 saturated heterocycles. The van der Waals surface area contributed by atoms with Gasteiger partial charge in [-0.05, 0) is 25.0 Å². The van der Waals surface area contributed by atoms with Crippen molar-refractivity contribution in [3.63, 3.8) is 0 Å². The number of aliphatic carboxylic acids is 1. The highest BCUT2D eigenvalue weighted by molar-refractivity contribution is 5.83. The molecule has 1 aromatic carbocycles. The Morgan fingerprint density at radius 2 is 1.75 bits per heavy atom. The summed E-state index contributed by atoms with van der Waals surface area (Å²) in [7, 11) is 1.84. The van der Waals surface area contributed by atoms with Crippen LogP contribution in [0, 0.1) is 0 Å². The Morgan fingerprint density at radius 1 is 1.25 bits per heavy atom.